The van der Waals surface area contributed by atoms with Crippen molar-refractivity contribution in [3.63, 3.8) is 0 Å². The molecule has 1 aromatic heterocycles. The first-order chi connectivity index (χ1) is 20.4. The first-order valence-corrected chi connectivity index (χ1v) is 14.0. The number of ether oxygens (including phenoxy) is 2. The Morgan fingerprint density at radius 1 is 1.19 bits per heavy atom. The molecular formula is C28H36N9O6+. The van der Waals surface area contributed by atoms with E-state index in [4.69, 9.17) is 20.9 Å². The summed E-state index contributed by atoms with van der Waals surface area (Å²) in [6, 6.07) is 7.27. The third kappa shape index (κ3) is 4.38. The van der Waals surface area contributed by atoms with E-state index in [-0.39, 0.29) is 47.6 Å². The number of carbonyl (C=O) groups is 2. The molecule has 4 aliphatic heterocycles. The standard InChI is InChI=1S/C28H35N9O6/c1-26(2)10-11-43-20-14(6-4-7-15(20)26)22(38)34-18-13-37-25(30)33-17(21-27(37,28(18,40)41)36-24(29)35-21)12-31-23(39)16-8-5-9-19(32-16)42-3/h4-9,17-18,21,40-41H,10-13H2,1-3H3,(H7,29,30,31,33,34,35,36,38,39)/p+1/t17-,18?,21-,27-/m0/s1. The molecule has 1 spiro atoms. The van der Waals surface area contributed by atoms with Crippen molar-refractivity contribution < 1.29 is 33.9 Å². The van der Waals surface area contributed by atoms with Crippen LogP contribution in [0.25, 0.3) is 0 Å². The fourth-order valence-corrected chi connectivity index (χ4v) is 6.46. The summed E-state index contributed by atoms with van der Waals surface area (Å²) in [6.07, 6.45) is 0.801. The molecule has 6 rings (SSSR count). The van der Waals surface area contributed by atoms with Gasteiger partial charge in [0, 0.05) is 11.6 Å². The van der Waals surface area contributed by atoms with E-state index < -0.39 is 41.4 Å². The first kappa shape index (κ1) is 28.5. The number of amides is 2. The van der Waals surface area contributed by atoms with Crippen molar-refractivity contribution in [1.82, 2.24) is 26.3 Å². The smallest absolute Gasteiger partial charge is 0.346 e. The van der Waals surface area contributed by atoms with Crippen molar-refractivity contribution >= 4 is 23.7 Å². The Kier molecular flexibility index (Phi) is 6.61. The molecule has 0 aliphatic carbocycles. The summed E-state index contributed by atoms with van der Waals surface area (Å²) >= 11 is 0. The first-order valence-electron chi connectivity index (χ1n) is 14.0. The highest BCUT2D eigenvalue weighted by atomic mass is 16.5. The highest BCUT2D eigenvalue weighted by Crippen LogP contribution is 2.43. The topological polar surface area (TPSA) is 221 Å². The molecule has 10 N–H and O–H groups in total. The van der Waals surface area contributed by atoms with Gasteiger partial charge in [0.15, 0.2) is 5.96 Å². The van der Waals surface area contributed by atoms with Crippen molar-refractivity contribution in [3.8, 4) is 11.6 Å². The van der Waals surface area contributed by atoms with E-state index in [1.165, 1.54) is 17.8 Å². The van der Waals surface area contributed by atoms with E-state index >= 15 is 0 Å². The van der Waals surface area contributed by atoms with Gasteiger partial charge in [-0.3, -0.25) is 20.6 Å². The van der Waals surface area contributed by atoms with Crippen LogP contribution in [0, 0.1) is 0 Å². The summed E-state index contributed by atoms with van der Waals surface area (Å²) in [4.78, 5) is 35.1. The third-order valence-electron chi connectivity index (χ3n) is 8.78. The van der Waals surface area contributed by atoms with Crippen molar-refractivity contribution in [3.05, 3.63) is 53.2 Å². The molecule has 15 heteroatoms. The van der Waals surface area contributed by atoms with E-state index in [1.807, 2.05) is 6.07 Å². The number of aliphatic hydroxyl groups is 2. The zero-order chi connectivity index (χ0) is 30.7. The minimum Gasteiger partial charge on any atom is -0.492 e. The number of nitrogens with one attached hydrogen (secondary N) is 4. The van der Waals surface area contributed by atoms with E-state index in [9.17, 15) is 19.8 Å². The monoisotopic (exact) mass is 594 g/mol. The van der Waals surface area contributed by atoms with Crippen molar-refractivity contribution in [2.75, 3.05) is 26.8 Å². The number of fused-ring (bicyclic) bond motifs is 1. The second-order valence-corrected chi connectivity index (χ2v) is 11.8. The highest BCUT2D eigenvalue weighted by molar-refractivity contribution is 5.98. The molecular weight excluding hydrogens is 558 g/mol. The summed E-state index contributed by atoms with van der Waals surface area (Å²) in [5.41, 5.74) is 11.9. The zero-order valence-electron chi connectivity index (χ0n) is 24.0. The van der Waals surface area contributed by atoms with Crippen LogP contribution in [0.4, 0.5) is 0 Å². The van der Waals surface area contributed by atoms with Gasteiger partial charge in [0.2, 0.25) is 17.3 Å². The Morgan fingerprint density at radius 3 is 2.72 bits per heavy atom. The van der Waals surface area contributed by atoms with Crippen LogP contribution in [0.1, 0.15) is 46.7 Å². The number of hydrogen-bond acceptors (Lipinski definition) is 12. The lowest BCUT2D eigenvalue weighted by molar-refractivity contribution is -0.623. The number of aliphatic imine (C=N–C) groups is 1. The maximum atomic E-state index is 13.6. The number of guanidine groups is 2. The molecule has 0 saturated carbocycles. The van der Waals surface area contributed by atoms with E-state index in [0.29, 0.717) is 12.4 Å². The summed E-state index contributed by atoms with van der Waals surface area (Å²) < 4.78 is 12.5. The van der Waals surface area contributed by atoms with Crippen LogP contribution >= 0.6 is 0 Å². The van der Waals surface area contributed by atoms with Crippen LogP contribution in [-0.4, -0.2) is 99.9 Å². The van der Waals surface area contributed by atoms with Gasteiger partial charge in [-0.25, -0.2) is 14.6 Å². The molecule has 43 heavy (non-hydrogen) atoms. The van der Waals surface area contributed by atoms with Gasteiger partial charge in [0.25, 0.3) is 11.8 Å². The fourth-order valence-electron chi connectivity index (χ4n) is 6.46. The Labute approximate surface area is 247 Å². The Hall–Kier alpha value is -4.63. The largest absolute Gasteiger partial charge is 0.492 e. The molecule has 4 atom stereocenters. The minimum absolute atomic E-state index is 0.0203. The molecule has 228 valence electrons. The normalized spacial score (nSPS) is 27.7. The van der Waals surface area contributed by atoms with Gasteiger partial charge in [0.05, 0.1) is 32.4 Å². The Balaban J connectivity index is 1.26. The second kappa shape index (κ2) is 9.98. The van der Waals surface area contributed by atoms with Gasteiger partial charge < -0.3 is 41.4 Å². The summed E-state index contributed by atoms with van der Waals surface area (Å²) in [5, 5.41) is 35.1. The molecule has 0 bridgehead atoms. The van der Waals surface area contributed by atoms with Crippen LogP contribution in [0.15, 0.2) is 41.4 Å². The summed E-state index contributed by atoms with van der Waals surface area (Å²) in [7, 11) is 1.45. The van der Waals surface area contributed by atoms with Crippen LogP contribution in [-0.2, 0) is 5.41 Å². The molecule has 0 radical (unpaired) electrons. The Bertz CT molecular complexity index is 1560. The predicted octanol–water partition coefficient (Wildman–Crippen LogP) is -2.34. The van der Waals surface area contributed by atoms with Gasteiger partial charge in [-0.2, -0.15) is 0 Å². The third-order valence-corrected chi connectivity index (χ3v) is 8.78. The lowest BCUT2D eigenvalue weighted by Gasteiger charge is -2.43. The number of benzene rings is 1. The number of rotatable bonds is 6. The van der Waals surface area contributed by atoms with Crippen molar-refractivity contribution in [1.29, 1.82) is 0 Å². The number of carbonyl (C=O) groups excluding carboxylic acids is 2. The molecule has 4 aliphatic rings. The lowest BCUT2D eigenvalue weighted by atomic mass is 9.79. The highest BCUT2D eigenvalue weighted by Gasteiger charge is 2.75. The average molecular weight is 595 g/mol. The van der Waals surface area contributed by atoms with Gasteiger partial charge in [-0.05, 0) is 24.0 Å². The zero-order valence-corrected chi connectivity index (χ0v) is 24.0. The number of nitrogens with two attached hydrogens (primary N) is 2. The average Bonchev–Trinajstić information content (AvgIpc) is 3.45. The molecule has 1 fully saturated rings. The van der Waals surface area contributed by atoms with E-state index in [2.05, 4.69) is 45.1 Å². The van der Waals surface area contributed by atoms with Gasteiger partial charge in [-0.15, -0.1) is 0 Å². The number of para-hydroxylation sites is 1. The number of pyridine rings is 1. The van der Waals surface area contributed by atoms with Gasteiger partial charge in [0.1, 0.15) is 29.6 Å². The summed E-state index contributed by atoms with van der Waals surface area (Å²) in [6.45, 7) is 4.53. The van der Waals surface area contributed by atoms with Crippen LogP contribution in [0.5, 0.6) is 11.6 Å². The number of aromatic nitrogens is 1. The SMILES string of the molecule is COc1cccc(C(=O)NC[C@@H]2NC(N)=[N+]3CC(NC(=O)c4cccc5c4OCCC5(C)C)C(O)(O)[C@@]34NC(N)=N[C@@H]24)n1. The molecule has 2 aromatic rings. The maximum Gasteiger partial charge on any atom is 0.346 e. The Morgan fingerprint density at radius 2 is 1.95 bits per heavy atom. The second-order valence-electron chi connectivity index (χ2n) is 11.8. The molecule has 5 heterocycles. The van der Waals surface area contributed by atoms with Crippen LogP contribution in [0.2, 0.25) is 0 Å². The summed E-state index contributed by atoms with van der Waals surface area (Å²) in [5.74, 6) is -2.84. The van der Waals surface area contributed by atoms with E-state index in [0.717, 1.165) is 12.0 Å². The van der Waals surface area contributed by atoms with Crippen LogP contribution in [0.3, 0.4) is 0 Å². The van der Waals surface area contributed by atoms with Gasteiger partial charge in [-0.1, -0.05) is 32.0 Å². The molecule has 15 nitrogen and oxygen atoms in total. The van der Waals surface area contributed by atoms with E-state index in [1.54, 1.807) is 24.3 Å². The molecule has 1 saturated heterocycles. The molecule has 1 unspecified atom stereocenters. The quantitative estimate of drug-likeness (QED) is 0.131. The van der Waals surface area contributed by atoms with Crippen molar-refractivity contribution in [2.45, 2.75) is 55.3 Å². The minimum atomic E-state index is -2.61. The number of nitrogens with zero attached hydrogens (tertiary/aromatic N) is 3. The molecule has 1 aromatic carbocycles. The van der Waals surface area contributed by atoms with Gasteiger partial charge >= 0.3 is 5.96 Å². The predicted molar refractivity (Wildman–Crippen MR) is 154 cm³/mol. The van der Waals surface area contributed by atoms with Crippen LogP contribution < -0.4 is 42.2 Å². The fraction of sp³-hybridized carbons (Fsp3) is 0.464. The molecule has 2 amide bonds. The van der Waals surface area contributed by atoms with Crippen molar-refractivity contribution in [2.24, 2.45) is 16.5 Å². The number of hydrogen-bond donors (Lipinski definition) is 8. The maximum absolute atomic E-state index is 13.6. The number of methoxy groups -OCH3 is 1. The lowest BCUT2D eigenvalue weighted by Crippen LogP contribution is -2.79.